The Hall–Kier alpha value is -0.120. The minimum absolute atomic E-state index is 0.441. The molecule has 1 radical (unpaired) electrons. The summed E-state index contributed by atoms with van der Waals surface area (Å²) in [4.78, 5) is 0. The molecule has 1 atom stereocenters. The summed E-state index contributed by atoms with van der Waals surface area (Å²) in [5.41, 5.74) is 6.94. The van der Waals surface area contributed by atoms with E-state index in [4.69, 9.17) is 10.5 Å². The fraction of sp³-hybridized carbons (Fsp3) is 1.00. The number of nitrogens with one attached hydrogen (secondary N) is 2. The van der Waals surface area contributed by atoms with Gasteiger partial charge in [0.1, 0.15) is 0 Å². The predicted molar refractivity (Wildman–Crippen MR) is 35.2 cm³/mol. The van der Waals surface area contributed by atoms with Gasteiger partial charge in [-0.05, 0) is 6.42 Å². The van der Waals surface area contributed by atoms with E-state index in [-0.39, 0.29) is 0 Å². The minimum atomic E-state index is 0.441. The van der Waals surface area contributed by atoms with E-state index in [2.05, 4.69) is 5.32 Å². The van der Waals surface area contributed by atoms with Gasteiger partial charge in [0.15, 0.2) is 0 Å². The first kappa shape index (κ1) is 6.99. The average Bonchev–Trinajstić information content (AvgIpc) is 1.91. The smallest absolute Gasteiger partial charge is 0.0620 e. The number of hydrogen-bond donors (Lipinski definition) is 1. The van der Waals surface area contributed by atoms with Crippen molar-refractivity contribution < 1.29 is 4.74 Å². The van der Waals surface area contributed by atoms with Gasteiger partial charge in [0.25, 0.3) is 0 Å². The molecule has 3 nitrogen and oxygen atoms in total. The van der Waals surface area contributed by atoms with E-state index in [0.717, 1.165) is 26.2 Å². The molecule has 3 heteroatoms. The summed E-state index contributed by atoms with van der Waals surface area (Å²) in [6, 6.07) is 0.441. The zero-order valence-corrected chi connectivity index (χ0v) is 5.52. The highest BCUT2D eigenvalue weighted by atomic mass is 16.5. The highest BCUT2D eigenvalue weighted by Gasteiger charge is 2.10. The third-order valence-electron chi connectivity index (χ3n) is 1.49. The molecule has 0 amide bonds. The minimum Gasteiger partial charge on any atom is -0.379 e. The summed E-state index contributed by atoms with van der Waals surface area (Å²) >= 11 is 0. The molecule has 0 spiro atoms. The number of hydrogen-bond acceptors (Lipinski definition) is 2. The Morgan fingerprint density at radius 2 is 2.56 bits per heavy atom. The molecule has 0 aliphatic carbocycles. The van der Waals surface area contributed by atoms with Gasteiger partial charge in [-0.3, -0.25) is 5.73 Å². The molecular formula is C6H13N2O. The van der Waals surface area contributed by atoms with E-state index >= 15 is 0 Å². The molecule has 1 saturated heterocycles. The zero-order chi connectivity index (χ0) is 6.53. The van der Waals surface area contributed by atoms with Gasteiger partial charge in [0, 0.05) is 19.1 Å². The van der Waals surface area contributed by atoms with Gasteiger partial charge in [0.2, 0.25) is 0 Å². The largest absolute Gasteiger partial charge is 0.379 e. The second kappa shape index (κ2) is 3.82. The lowest BCUT2D eigenvalue weighted by molar-refractivity contribution is 0.0749. The van der Waals surface area contributed by atoms with Crippen molar-refractivity contribution >= 4 is 0 Å². The van der Waals surface area contributed by atoms with Gasteiger partial charge in [-0.1, -0.05) is 0 Å². The van der Waals surface area contributed by atoms with E-state index in [1.54, 1.807) is 0 Å². The summed E-state index contributed by atoms with van der Waals surface area (Å²) in [5, 5.41) is 3.28. The highest BCUT2D eigenvalue weighted by Crippen LogP contribution is 1.95. The van der Waals surface area contributed by atoms with Crippen molar-refractivity contribution in [2.45, 2.75) is 12.5 Å². The number of morpholine rings is 1. The van der Waals surface area contributed by atoms with E-state index in [1.165, 1.54) is 0 Å². The van der Waals surface area contributed by atoms with Gasteiger partial charge >= 0.3 is 0 Å². The Bertz CT molecular complexity index is 68.7. The maximum atomic E-state index is 6.94. The van der Waals surface area contributed by atoms with Gasteiger partial charge < -0.3 is 10.1 Å². The Labute approximate surface area is 55.6 Å². The van der Waals surface area contributed by atoms with Crippen molar-refractivity contribution in [2.75, 3.05) is 26.3 Å². The highest BCUT2D eigenvalue weighted by molar-refractivity contribution is 4.69. The molecule has 2 N–H and O–H groups in total. The van der Waals surface area contributed by atoms with Crippen molar-refractivity contribution in [1.82, 2.24) is 11.1 Å². The summed E-state index contributed by atoms with van der Waals surface area (Å²) in [5.74, 6) is 0. The molecule has 9 heavy (non-hydrogen) atoms. The number of rotatable bonds is 2. The molecule has 0 saturated carbocycles. The first-order valence-corrected chi connectivity index (χ1v) is 3.39. The average molecular weight is 129 g/mol. The molecule has 0 aromatic rings. The molecule has 0 aromatic heterocycles. The maximum absolute atomic E-state index is 6.94. The van der Waals surface area contributed by atoms with E-state index in [0.29, 0.717) is 12.6 Å². The SMILES string of the molecule is [NH]CCC1COCCN1. The van der Waals surface area contributed by atoms with Crippen LogP contribution in [0.5, 0.6) is 0 Å². The Morgan fingerprint density at radius 3 is 3.11 bits per heavy atom. The molecule has 1 aliphatic heterocycles. The standard InChI is InChI=1S/C6H13N2O/c7-2-1-6-5-9-4-3-8-6/h6-8H,1-5H2. The lowest BCUT2D eigenvalue weighted by atomic mass is 10.2. The lowest BCUT2D eigenvalue weighted by Gasteiger charge is -2.22. The quantitative estimate of drug-likeness (QED) is 0.553. The van der Waals surface area contributed by atoms with Crippen molar-refractivity contribution in [1.29, 1.82) is 0 Å². The van der Waals surface area contributed by atoms with Crippen LogP contribution < -0.4 is 11.1 Å². The van der Waals surface area contributed by atoms with E-state index in [9.17, 15) is 0 Å². The normalized spacial score (nSPS) is 28.3. The van der Waals surface area contributed by atoms with E-state index in [1.807, 2.05) is 0 Å². The van der Waals surface area contributed by atoms with Crippen LogP contribution in [-0.4, -0.2) is 32.3 Å². The molecule has 53 valence electrons. The Kier molecular flexibility index (Phi) is 2.97. The third-order valence-corrected chi connectivity index (χ3v) is 1.49. The molecule has 0 bridgehead atoms. The predicted octanol–water partition coefficient (Wildman–Crippen LogP) is -0.352. The molecule has 1 aliphatic rings. The van der Waals surface area contributed by atoms with Crippen LogP contribution in [0.1, 0.15) is 6.42 Å². The van der Waals surface area contributed by atoms with Crippen molar-refractivity contribution in [3.8, 4) is 0 Å². The fourth-order valence-corrected chi connectivity index (χ4v) is 0.979. The Morgan fingerprint density at radius 1 is 1.67 bits per heavy atom. The topological polar surface area (TPSA) is 45.1 Å². The summed E-state index contributed by atoms with van der Waals surface area (Å²) < 4.78 is 5.19. The second-order valence-corrected chi connectivity index (χ2v) is 2.26. The van der Waals surface area contributed by atoms with Crippen LogP contribution >= 0.6 is 0 Å². The molecule has 1 fully saturated rings. The van der Waals surface area contributed by atoms with Crippen LogP contribution in [0.4, 0.5) is 0 Å². The summed E-state index contributed by atoms with van der Waals surface area (Å²) in [6.45, 7) is 3.07. The van der Waals surface area contributed by atoms with Crippen LogP contribution in [-0.2, 0) is 4.74 Å². The van der Waals surface area contributed by atoms with Crippen molar-refractivity contribution in [2.24, 2.45) is 0 Å². The summed E-state index contributed by atoms with van der Waals surface area (Å²) in [7, 11) is 0. The number of ether oxygens (including phenoxy) is 1. The maximum Gasteiger partial charge on any atom is 0.0620 e. The van der Waals surface area contributed by atoms with Crippen molar-refractivity contribution in [3.63, 3.8) is 0 Å². The van der Waals surface area contributed by atoms with Gasteiger partial charge in [-0.2, -0.15) is 0 Å². The summed E-state index contributed by atoms with van der Waals surface area (Å²) in [6.07, 6.45) is 0.917. The lowest BCUT2D eigenvalue weighted by Crippen LogP contribution is -2.41. The monoisotopic (exact) mass is 129 g/mol. The molecule has 0 aromatic carbocycles. The van der Waals surface area contributed by atoms with Crippen LogP contribution in [0.3, 0.4) is 0 Å². The Balaban J connectivity index is 2.08. The van der Waals surface area contributed by atoms with Crippen LogP contribution in [0.25, 0.3) is 0 Å². The first-order valence-electron chi connectivity index (χ1n) is 3.39. The van der Waals surface area contributed by atoms with Crippen molar-refractivity contribution in [3.05, 3.63) is 0 Å². The molecule has 1 unspecified atom stereocenters. The molecular weight excluding hydrogens is 116 g/mol. The van der Waals surface area contributed by atoms with Crippen LogP contribution in [0.15, 0.2) is 0 Å². The van der Waals surface area contributed by atoms with Gasteiger partial charge in [-0.15, -0.1) is 0 Å². The van der Waals surface area contributed by atoms with Crippen LogP contribution in [0.2, 0.25) is 0 Å². The second-order valence-electron chi connectivity index (χ2n) is 2.26. The molecule has 1 rings (SSSR count). The van der Waals surface area contributed by atoms with Crippen LogP contribution in [0, 0.1) is 0 Å². The third kappa shape index (κ3) is 2.30. The first-order chi connectivity index (χ1) is 4.43. The van der Waals surface area contributed by atoms with Gasteiger partial charge in [0.05, 0.1) is 13.2 Å². The van der Waals surface area contributed by atoms with Gasteiger partial charge in [-0.25, -0.2) is 0 Å². The zero-order valence-electron chi connectivity index (χ0n) is 5.52. The van der Waals surface area contributed by atoms with E-state index < -0.39 is 0 Å². The molecule has 1 heterocycles. The fourth-order valence-electron chi connectivity index (χ4n) is 0.979.